The van der Waals surface area contributed by atoms with Crippen molar-refractivity contribution in [3.8, 4) is 0 Å². The lowest BCUT2D eigenvalue weighted by molar-refractivity contribution is -0.134. The van der Waals surface area contributed by atoms with E-state index < -0.39 is 0 Å². The molecule has 0 aromatic heterocycles. The molecule has 0 radical (unpaired) electrons. The van der Waals surface area contributed by atoms with Crippen LogP contribution in [0.3, 0.4) is 0 Å². The van der Waals surface area contributed by atoms with Crippen LogP contribution in [-0.4, -0.2) is 60.4 Å². The lowest BCUT2D eigenvalue weighted by Crippen LogP contribution is -2.51. The van der Waals surface area contributed by atoms with E-state index in [1.807, 2.05) is 0 Å². The van der Waals surface area contributed by atoms with E-state index in [0.717, 1.165) is 77.7 Å². The predicted molar refractivity (Wildman–Crippen MR) is 111 cm³/mol. The smallest absolute Gasteiger partial charge is 0.225 e. The number of allylic oxidation sites excluding steroid dienone is 1. The van der Waals surface area contributed by atoms with Crippen molar-refractivity contribution in [2.75, 3.05) is 32.7 Å². The van der Waals surface area contributed by atoms with Gasteiger partial charge in [-0.2, -0.15) is 0 Å². The van der Waals surface area contributed by atoms with Gasteiger partial charge in [0.1, 0.15) is 0 Å². The summed E-state index contributed by atoms with van der Waals surface area (Å²) in [5, 5.41) is 3.21. The average Bonchev–Trinajstić information content (AvgIpc) is 3.60. The molecule has 5 nitrogen and oxygen atoms in total. The third-order valence-electron chi connectivity index (χ3n) is 7.17. The molecule has 156 valence electrons. The van der Waals surface area contributed by atoms with E-state index in [1.165, 1.54) is 31.3 Å². The fourth-order valence-corrected chi connectivity index (χ4v) is 5.21. The van der Waals surface area contributed by atoms with Gasteiger partial charge in [0, 0.05) is 38.1 Å². The van der Waals surface area contributed by atoms with Crippen LogP contribution in [0.5, 0.6) is 0 Å². The Labute approximate surface area is 169 Å². The quantitative estimate of drug-likeness (QED) is 0.713. The SMILES string of the molecule is O=C(NCCC1=CCCCC1)[C@@H]1CCCN(C2CCN(C(=O)C3CC3)CC2)C1. The number of nitrogens with one attached hydrogen (secondary N) is 1. The van der Waals surface area contributed by atoms with Gasteiger partial charge in [-0.3, -0.25) is 14.5 Å². The molecule has 0 bridgehead atoms. The minimum Gasteiger partial charge on any atom is -0.356 e. The van der Waals surface area contributed by atoms with Gasteiger partial charge in [-0.25, -0.2) is 0 Å². The highest BCUT2D eigenvalue weighted by molar-refractivity contribution is 5.81. The maximum atomic E-state index is 12.7. The van der Waals surface area contributed by atoms with Gasteiger partial charge in [0.25, 0.3) is 0 Å². The molecule has 1 atom stereocenters. The monoisotopic (exact) mass is 387 g/mol. The number of carbonyl (C=O) groups excluding carboxylic acids is 2. The van der Waals surface area contributed by atoms with Crippen LogP contribution in [0.25, 0.3) is 0 Å². The van der Waals surface area contributed by atoms with Crippen LogP contribution in [0.2, 0.25) is 0 Å². The summed E-state index contributed by atoms with van der Waals surface area (Å²) in [4.78, 5) is 29.6. The van der Waals surface area contributed by atoms with Crippen molar-refractivity contribution in [3.63, 3.8) is 0 Å². The summed E-state index contributed by atoms with van der Waals surface area (Å²) in [5.74, 6) is 1.12. The zero-order valence-electron chi connectivity index (χ0n) is 17.3. The van der Waals surface area contributed by atoms with E-state index in [1.54, 1.807) is 0 Å². The average molecular weight is 388 g/mol. The summed E-state index contributed by atoms with van der Waals surface area (Å²) in [7, 11) is 0. The summed E-state index contributed by atoms with van der Waals surface area (Å²) < 4.78 is 0. The number of amides is 2. The van der Waals surface area contributed by atoms with Gasteiger partial charge in [0.05, 0.1) is 5.92 Å². The number of piperidine rings is 2. The first-order chi connectivity index (χ1) is 13.7. The second kappa shape index (κ2) is 9.43. The topological polar surface area (TPSA) is 52.7 Å². The number of likely N-dealkylation sites (tertiary alicyclic amines) is 2. The molecule has 28 heavy (non-hydrogen) atoms. The normalized spacial score (nSPS) is 27.4. The van der Waals surface area contributed by atoms with E-state index in [4.69, 9.17) is 0 Å². The van der Waals surface area contributed by atoms with Gasteiger partial charge in [-0.1, -0.05) is 11.6 Å². The molecule has 5 heteroatoms. The van der Waals surface area contributed by atoms with E-state index >= 15 is 0 Å². The molecule has 4 rings (SSSR count). The molecule has 1 saturated carbocycles. The largest absolute Gasteiger partial charge is 0.356 e. The van der Waals surface area contributed by atoms with Crippen molar-refractivity contribution in [2.45, 2.75) is 76.7 Å². The van der Waals surface area contributed by atoms with Gasteiger partial charge in [-0.05, 0) is 77.2 Å². The van der Waals surface area contributed by atoms with Crippen LogP contribution in [-0.2, 0) is 9.59 Å². The van der Waals surface area contributed by atoms with E-state index in [2.05, 4.69) is 21.2 Å². The lowest BCUT2D eigenvalue weighted by Gasteiger charge is -2.42. The highest BCUT2D eigenvalue weighted by Gasteiger charge is 2.37. The molecular formula is C23H37N3O2. The maximum absolute atomic E-state index is 12.7. The van der Waals surface area contributed by atoms with Crippen LogP contribution in [0.15, 0.2) is 11.6 Å². The molecule has 2 aliphatic heterocycles. The van der Waals surface area contributed by atoms with Gasteiger partial charge < -0.3 is 10.2 Å². The van der Waals surface area contributed by atoms with Crippen molar-refractivity contribution in [1.82, 2.24) is 15.1 Å². The summed E-state index contributed by atoms with van der Waals surface area (Å²) >= 11 is 0. The Morgan fingerprint density at radius 2 is 1.79 bits per heavy atom. The van der Waals surface area contributed by atoms with E-state index in [9.17, 15) is 9.59 Å². The first-order valence-electron chi connectivity index (χ1n) is 11.7. The molecule has 4 aliphatic rings. The van der Waals surface area contributed by atoms with Crippen LogP contribution < -0.4 is 5.32 Å². The molecule has 1 N–H and O–H groups in total. The first kappa shape index (κ1) is 19.9. The van der Waals surface area contributed by atoms with Crippen molar-refractivity contribution in [1.29, 1.82) is 0 Å². The Balaban J connectivity index is 1.19. The van der Waals surface area contributed by atoms with Gasteiger partial charge in [0.2, 0.25) is 11.8 Å². The molecule has 2 heterocycles. The number of rotatable bonds is 6. The highest BCUT2D eigenvalue weighted by Crippen LogP contribution is 2.32. The number of hydrogen-bond donors (Lipinski definition) is 1. The third kappa shape index (κ3) is 5.16. The molecule has 0 aromatic rings. The maximum Gasteiger partial charge on any atom is 0.225 e. The fraction of sp³-hybridized carbons (Fsp3) is 0.826. The minimum absolute atomic E-state index is 0.139. The van der Waals surface area contributed by atoms with Crippen LogP contribution in [0.4, 0.5) is 0 Å². The van der Waals surface area contributed by atoms with Crippen molar-refractivity contribution >= 4 is 11.8 Å². The second-order valence-electron chi connectivity index (χ2n) is 9.31. The van der Waals surface area contributed by atoms with Gasteiger partial charge in [0.15, 0.2) is 0 Å². The summed E-state index contributed by atoms with van der Waals surface area (Å²) in [5.41, 5.74) is 1.53. The molecule has 2 aliphatic carbocycles. The Morgan fingerprint density at radius 1 is 0.964 bits per heavy atom. The minimum atomic E-state index is 0.139. The molecule has 0 unspecified atom stereocenters. The fourth-order valence-electron chi connectivity index (χ4n) is 5.21. The Morgan fingerprint density at radius 3 is 2.50 bits per heavy atom. The summed E-state index contributed by atoms with van der Waals surface area (Å²) in [6.07, 6.45) is 14.9. The molecule has 0 aromatic carbocycles. The van der Waals surface area contributed by atoms with Crippen molar-refractivity contribution < 1.29 is 9.59 Å². The zero-order chi connectivity index (χ0) is 19.3. The molecule has 3 fully saturated rings. The van der Waals surface area contributed by atoms with E-state index in [0.29, 0.717) is 17.9 Å². The number of carbonyl (C=O) groups is 2. The number of nitrogens with zero attached hydrogens (tertiary/aromatic N) is 2. The summed E-state index contributed by atoms with van der Waals surface area (Å²) in [6, 6.07) is 0.547. The van der Waals surface area contributed by atoms with Crippen LogP contribution >= 0.6 is 0 Å². The lowest BCUT2D eigenvalue weighted by atomic mass is 9.93. The van der Waals surface area contributed by atoms with Crippen molar-refractivity contribution in [2.24, 2.45) is 11.8 Å². The van der Waals surface area contributed by atoms with Gasteiger partial charge >= 0.3 is 0 Å². The van der Waals surface area contributed by atoms with Crippen molar-refractivity contribution in [3.05, 3.63) is 11.6 Å². The van der Waals surface area contributed by atoms with Crippen LogP contribution in [0, 0.1) is 11.8 Å². The molecule has 2 amide bonds. The number of hydrogen-bond acceptors (Lipinski definition) is 3. The van der Waals surface area contributed by atoms with E-state index in [-0.39, 0.29) is 11.8 Å². The van der Waals surface area contributed by atoms with Gasteiger partial charge in [-0.15, -0.1) is 0 Å². The predicted octanol–water partition coefficient (Wildman–Crippen LogP) is 3.11. The first-order valence-corrected chi connectivity index (χ1v) is 11.7. The second-order valence-corrected chi connectivity index (χ2v) is 9.31. The third-order valence-corrected chi connectivity index (χ3v) is 7.17. The standard InChI is InChI=1S/C23H37N3O2/c27-22(24-13-10-18-5-2-1-3-6-18)20-7-4-14-26(17-20)21-11-15-25(16-12-21)23(28)19-8-9-19/h5,19-21H,1-4,6-17H2,(H,24,27)/t20-/m1/s1. The highest BCUT2D eigenvalue weighted by atomic mass is 16.2. The zero-order valence-corrected chi connectivity index (χ0v) is 17.3. The molecular weight excluding hydrogens is 350 g/mol. The molecule has 2 saturated heterocycles. The summed E-state index contributed by atoms with van der Waals surface area (Å²) in [6.45, 7) is 4.61. The Kier molecular flexibility index (Phi) is 6.71. The Bertz CT molecular complexity index is 591. The Hall–Kier alpha value is -1.36. The van der Waals surface area contributed by atoms with Crippen LogP contribution in [0.1, 0.15) is 70.6 Å². The molecule has 0 spiro atoms.